The first kappa shape index (κ1) is 26.7. The van der Waals surface area contributed by atoms with E-state index in [9.17, 15) is 9.59 Å². The third kappa shape index (κ3) is 5.33. The largest absolute Gasteiger partial charge is 0.360 e. The smallest absolute Gasteiger partial charge is 0.272 e. The zero-order chi connectivity index (χ0) is 27.3. The second kappa shape index (κ2) is 9.70. The predicted octanol–water partition coefficient (Wildman–Crippen LogP) is 2.99. The van der Waals surface area contributed by atoms with Gasteiger partial charge in [0.1, 0.15) is 11.4 Å². The average molecular weight is 537 g/mol. The molecule has 1 saturated carbocycles. The minimum Gasteiger partial charge on any atom is -0.360 e. The number of carbonyl (C=O) groups excluding carboxylic acids is 2. The number of nitriles is 1. The normalized spacial score (nSPS) is 21.6. The number of hydrogen-bond acceptors (Lipinski definition) is 7. The topological polar surface area (TPSA) is 112 Å². The number of ether oxygens (including phenoxy) is 1. The minimum atomic E-state index is -0.315. The van der Waals surface area contributed by atoms with E-state index in [2.05, 4.69) is 49.5 Å². The number of fused-ring (bicyclic) bond motifs is 1. The summed E-state index contributed by atoms with van der Waals surface area (Å²) >= 11 is 1.97. The quantitative estimate of drug-likeness (QED) is 0.533. The van der Waals surface area contributed by atoms with Crippen molar-refractivity contribution in [1.82, 2.24) is 25.3 Å². The molecule has 0 bridgehead atoms. The van der Waals surface area contributed by atoms with Gasteiger partial charge in [0.15, 0.2) is 5.69 Å². The van der Waals surface area contributed by atoms with Gasteiger partial charge in [0.05, 0.1) is 18.2 Å². The van der Waals surface area contributed by atoms with Crippen molar-refractivity contribution in [3.8, 4) is 6.07 Å². The van der Waals surface area contributed by atoms with E-state index in [0.29, 0.717) is 49.6 Å². The maximum absolute atomic E-state index is 13.6. The van der Waals surface area contributed by atoms with E-state index in [-0.39, 0.29) is 33.1 Å². The fraction of sp³-hybridized carbons (Fsp3) is 0.571. The van der Waals surface area contributed by atoms with Crippen molar-refractivity contribution < 1.29 is 14.3 Å². The Labute approximate surface area is 228 Å². The summed E-state index contributed by atoms with van der Waals surface area (Å²) in [4.78, 5) is 28.5. The van der Waals surface area contributed by atoms with Crippen LogP contribution in [-0.4, -0.2) is 67.5 Å². The van der Waals surface area contributed by atoms with Gasteiger partial charge in [-0.2, -0.15) is 10.4 Å². The van der Waals surface area contributed by atoms with E-state index in [0.717, 1.165) is 24.0 Å². The minimum absolute atomic E-state index is 0.0407. The fourth-order valence-electron chi connectivity index (χ4n) is 5.44. The third-order valence-electron chi connectivity index (χ3n) is 7.76. The first-order valence-corrected chi connectivity index (χ1v) is 14.0. The molecule has 10 heteroatoms. The summed E-state index contributed by atoms with van der Waals surface area (Å²) in [6.45, 7) is 10.9. The molecular weight excluding hydrogens is 500 g/mol. The zero-order valence-corrected chi connectivity index (χ0v) is 23.6. The lowest BCUT2D eigenvalue weighted by molar-refractivity contribution is 0.0230. The van der Waals surface area contributed by atoms with Crippen LogP contribution in [0.15, 0.2) is 24.3 Å². The zero-order valence-electron chi connectivity index (χ0n) is 22.8. The lowest BCUT2D eigenvalue weighted by atomic mass is 10.0. The van der Waals surface area contributed by atoms with Gasteiger partial charge in [-0.1, -0.05) is 12.1 Å². The number of hydrogen-bond donors (Lipinski definition) is 2. The molecule has 2 aromatic rings. The van der Waals surface area contributed by atoms with Crippen LogP contribution in [0.1, 0.15) is 78.2 Å². The molecule has 1 aromatic heterocycles. The molecule has 1 aromatic carbocycles. The SMILES string of the molecule is Cn1nc(C(=O)NCc2ccc(C#N)cc2)c2c1C(=O)N(CC1(SC(C)(C)[C@H]3COC(C)(C)N3)CC1)CC2. The van der Waals surface area contributed by atoms with Crippen LogP contribution in [0.2, 0.25) is 0 Å². The molecule has 0 unspecified atom stereocenters. The van der Waals surface area contributed by atoms with Crippen molar-refractivity contribution >= 4 is 23.6 Å². The van der Waals surface area contributed by atoms with Gasteiger partial charge < -0.3 is 15.0 Å². The summed E-state index contributed by atoms with van der Waals surface area (Å²) in [6.07, 6.45) is 2.77. The van der Waals surface area contributed by atoms with Gasteiger partial charge in [0, 0.05) is 47.8 Å². The molecular formula is C28H36N6O3S. The number of amides is 2. The Balaban J connectivity index is 1.24. The first-order chi connectivity index (χ1) is 17.9. The van der Waals surface area contributed by atoms with Crippen molar-refractivity contribution in [2.24, 2.45) is 7.05 Å². The number of nitrogens with zero attached hydrogens (tertiary/aromatic N) is 4. The van der Waals surface area contributed by atoms with Crippen molar-refractivity contribution in [2.45, 2.75) is 74.8 Å². The number of aromatic nitrogens is 2. The second-order valence-electron chi connectivity index (χ2n) is 11.7. The lowest BCUT2D eigenvalue weighted by Crippen LogP contribution is -2.50. The molecule has 1 saturated heterocycles. The van der Waals surface area contributed by atoms with Gasteiger partial charge >= 0.3 is 0 Å². The Hall–Kier alpha value is -2.87. The van der Waals surface area contributed by atoms with Crippen LogP contribution in [0.4, 0.5) is 0 Å². The van der Waals surface area contributed by atoms with Crippen LogP contribution in [0.25, 0.3) is 0 Å². The summed E-state index contributed by atoms with van der Waals surface area (Å²) in [6, 6.07) is 9.41. The van der Waals surface area contributed by atoms with Gasteiger partial charge in [-0.3, -0.25) is 19.6 Å². The maximum Gasteiger partial charge on any atom is 0.272 e. The molecule has 0 radical (unpaired) electrons. The summed E-state index contributed by atoms with van der Waals surface area (Å²) in [5.74, 6) is -0.349. The Morgan fingerprint density at radius 2 is 2.03 bits per heavy atom. The van der Waals surface area contributed by atoms with E-state index in [1.165, 1.54) is 0 Å². The van der Waals surface area contributed by atoms with E-state index in [1.807, 2.05) is 28.8 Å². The molecule has 2 N–H and O–H groups in total. The van der Waals surface area contributed by atoms with Crippen LogP contribution in [-0.2, 0) is 24.8 Å². The number of thioether (sulfide) groups is 1. The van der Waals surface area contributed by atoms with Gasteiger partial charge in [0.2, 0.25) is 0 Å². The van der Waals surface area contributed by atoms with Gasteiger partial charge in [0.25, 0.3) is 11.8 Å². The molecule has 1 aliphatic carbocycles. The Morgan fingerprint density at radius 3 is 2.63 bits per heavy atom. The molecule has 202 valence electrons. The van der Waals surface area contributed by atoms with E-state index in [1.54, 1.807) is 23.9 Å². The Morgan fingerprint density at radius 1 is 1.32 bits per heavy atom. The lowest BCUT2D eigenvalue weighted by Gasteiger charge is -2.37. The molecule has 3 heterocycles. The van der Waals surface area contributed by atoms with Crippen molar-refractivity contribution in [3.63, 3.8) is 0 Å². The molecule has 9 nitrogen and oxygen atoms in total. The van der Waals surface area contributed by atoms with Gasteiger partial charge in [-0.05, 0) is 64.7 Å². The summed E-state index contributed by atoms with van der Waals surface area (Å²) in [7, 11) is 1.73. The molecule has 2 amide bonds. The van der Waals surface area contributed by atoms with Crippen LogP contribution >= 0.6 is 11.8 Å². The Bertz CT molecular complexity index is 1290. The molecule has 5 rings (SSSR count). The van der Waals surface area contributed by atoms with Crippen molar-refractivity contribution in [3.05, 3.63) is 52.3 Å². The van der Waals surface area contributed by atoms with Crippen LogP contribution in [0, 0.1) is 11.3 Å². The highest BCUT2D eigenvalue weighted by molar-refractivity contribution is 8.02. The number of aryl methyl sites for hydroxylation is 1. The van der Waals surface area contributed by atoms with Crippen molar-refractivity contribution in [1.29, 1.82) is 5.26 Å². The summed E-state index contributed by atoms with van der Waals surface area (Å²) in [5.41, 5.74) is 2.69. The number of nitrogens with one attached hydrogen (secondary N) is 2. The van der Waals surface area contributed by atoms with E-state index < -0.39 is 0 Å². The summed E-state index contributed by atoms with van der Waals surface area (Å²) in [5, 5.41) is 19.9. The molecule has 0 spiro atoms. The molecule has 2 fully saturated rings. The molecule has 3 aliphatic rings. The third-order valence-corrected chi connectivity index (χ3v) is 9.54. The maximum atomic E-state index is 13.6. The van der Waals surface area contributed by atoms with Crippen LogP contribution < -0.4 is 10.6 Å². The second-order valence-corrected chi connectivity index (χ2v) is 13.8. The molecule has 1 atom stereocenters. The van der Waals surface area contributed by atoms with E-state index >= 15 is 0 Å². The highest BCUT2D eigenvalue weighted by Crippen LogP contribution is 2.55. The molecule has 2 aliphatic heterocycles. The van der Waals surface area contributed by atoms with Crippen LogP contribution in [0.5, 0.6) is 0 Å². The molecule has 38 heavy (non-hydrogen) atoms. The van der Waals surface area contributed by atoms with Gasteiger partial charge in [-0.15, -0.1) is 11.8 Å². The van der Waals surface area contributed by atoms with Gasteiger partial charge in [-0.25, -0.2) is 0 Å². The highest BCUT2D eigenvalue weighted by Gasteiger charge is 2.52. The first-order valence-electron chi connectivity index (χ1n) is 13.2. The summed E-state index contributed by atoms with van der Waals surface area (Å²) < 4.78 is 7.48. The highest BCUT2D eigenvalue weighted by atomic mass is 32.2. The van der Waals surface area contributed by atoms with Crippen molar-refractivity contribution in [2.75, 3.05) is 19.7 Å². The predicted molar refractivity (Wildman–Crippen MR) is 146 cm³/mol. The average Bonchev–Trinajstić information content (AvgIpc) is 3.36. The van der Waals surface area contributed by atoms with Crippen LogP contribution in [0.3, 0.4) is 0 Å². The number of benzene rings is 1. The fourth-order valence-corrected chi connectivity index (χ4v) is 7.36. The Kier molecular flexibility index (Phi) is 6.83. The monoisotopic (exact) mass is 536 g/mol. The standard InChI is InChI=1S/C28H36N6O3S/c1-26(2,21-16-37-27(3,4)31-21)38-28(11-12-28)17-34-13-10-20-22(32-33(5)23(20)25(34)36)24(35)30-15-19-8-6-18(14-29)7-9-19/h6-9,21,31H,10-13,15-17H2,1-5H3,(H,30,35)/t21-/m1/s1. The number of carbonyl (C=O) groups is 2. The van der Waals surface area contributed by atoms with E-state index in [4.69, 9.17) is 10.00 Å². The number of rotatable bonds is 8.